The van der Waals surface area contributed by atoms with E-state index in [2.05, 4.69) is 17.4 Å². The first-order valence-corrected chi connectivity index (χ1v) is 13.6. The van der Waals surface area contributed by atoms with E-state index in [1.165, 1.54) is 36.2 Å². The molecule has 170 valence electrons. The lowest BCUT2D eigenvalue weighted by molar-refractivity contribution is -0.116. The molecule has 6 rings (SSSR count). The van der Waals surface area contributed by atoms with Crippen LogP contribution in [0.3, 0.4) is 0 Å². The Bertz CT molecular complexity index is 1260. The number of carbonyl (C=O) groups excluding carboxylic acids is 1. The van der Waals surface area contributed by atoms with Gasteiger partial charge in [-0.1, -0.05) is 52.8 Å². The quantitative estimate of drug-likeness (QED) is 0.470. The fraction of sp³-hybridized carbons (Fsp3) is 0.385. The Morgan fingerprint density at radius 1 is 1.09 bits per heavy atom. The molecular formula is C26H25ClN2O2S2. The third-order valence-corrected chi connectivity index (χ3v) is 10.6. The molecule has 0 saturated heterocycles. The zero-order valence-corrected chi connectivity index (χ0v) is 20.7. The Kier molecular flexibility index (Phi) is 5.43. The summed E-state index contributed by atoms with van der Waals surface area (Å²) in [7, 11) is 0. The molecule has 1 N–H and O–H groups in total. The van der Waals surface area contributed by atoms with Crippen LogP contribution in [0.2, 0.25) is 5.02 Å². The van der Waals surface area contributed by atoms with E-state index in [-0.39, 0.29) is 23.2 Å². The number of rotatable bonds is 4. The fourth-order valence-electron chi connectivity index (χ4n) is 6.11. The molecule has 1 aliphatic heterocycles. The first-order chi connectivity index (χ1) is 16.0. The Morgan fingerprint density at radius 3 is 2.58 bits per heavy atom. The number of nitrogens with one attached hydrogen (secondary N) is 1. The van der Waals surface area contributed by atoms with Gasteiger partial charge in [0, 0.05) is 26.8 Å². The van der Waals surface area contributed by atoms with Crippen LogP contribution < -0.4 is 10.2 Å². The van der Waals surface area contributed by atoms with Crippen molar-refractivity contribution in [3.05, 3.63) is 79.2 Å². The minimum absolute atomic E-state index is 0.0437. The van der Waals surface area contributed by atoms with Crippen LogP contribution in [0.15, 0.2) is 58.4 Å². The molecule has 5 atom stereocenters. The molecule has 2 saturated carbocycles. The van der Waals surface area contributed by atoms with Crippen LogP contribution in [0, 0.1) is 24.7 Å². The van der Waals surface area contributed by atoms with Crippen molar-refractivity contribution < 1.29 is 4.79 Å². The summed E-state index contributed by atoms with van der Waals surface area (Å²) in [5.74, 6) is 2.02. The Hall–Kier alpha value is -2.02. The number of anilines is 1. The number of thiazole rings is 1. The van der Waals surface area contributed by atoms with Crippen molar-refractivity contribution in [2.75, 3.05) is 5.32 Å². The van der Waals surface area contributed by atoms with Gasteiger partial charge in [0.1, 0.15) is 6.54 Å². The number of fused-ring (bicyclic) bond motifs is 6. The zero-order valence-electron chi connectivity index (χ0n) is 18.3. The van der Waals surface area contributed by atoms with Gasteiger partial charge in [0.25, 0.3) is 0 Å². The van der Waals surface area contributed by atoms with Crippen LogP contribution in [-0.4, -0.2) is 15.7 Å². The fourth-order valence-corrected chi connectivity index (χ4v) is 9.39. The van der Waals surface area contributed by atoms with Crippen molar-refractivity contribution in [3.63, 3.8) is 0 Å². The smallest absolute Gasteiger partial charge is 0.308 e. The number of amides is 1. The summed E-state index contributed by atoms with van der Waals surface area (Å²) >= 11 is 9.37. The largest absolute Gasteiger partial charge is 0.325 e. The first-order valence-electron chi connectivity index (χ1n) is 11.5. The van der Waals surface area contributed by atoms with Crippen molar-refractivity contribution in [2.24, 2.45) is 17.8 Å². The van der Waals surface area contributed by atoms with Gasteiger partial charge < -0.3 is 5.32 Å². The highest BCUT2D eigenvalue weighted by Crippen LogP contribution is 2.64. The van der Waals surface area contributed by atoms with Crippen LogP contribution in [0.4, 0.5) is 5.69 Å². The van der Waals surface area contributed by atoms with Gasteiger partial charge in [0.05, 0.1) is 5.03 Å². The second kappa shape index (κ2) is 8.33. The van der Waals surface area contributed by atoms with Crippen molar-refractivity contribution in [1.29, 1.82) is 0 Å². The topological polar surface area (TPSA) is 51.1 Å². The van der Waals surface area contributed by atoms with E-state index < -0.39 is 0 Å². The van der Waals surface area contributed by atoms with E-state index in [4.69, 9.17) is 11.6 Å². The molecule has 3 aromatic rings. The Morgan fingerprint density at radius 2 is 1.82 bits per heavy atom. The number of nitrogens with zero attached hydrogens (tertiary/aromatic N) is 1. The molecule has 2 fully saturated rings. The lowest BCUT2D eigenvalue weighted by Crippen LogP contribution is -2.34. The molecule has 0 radical (unpaired) electrons. The van der Waals surface area contributed by atoms with Crippen molar-refractivity contribution in [3.8, 4) is 0 Å². The average molecular weight is 497 g/mol. The summed E-state index contributed by atoms with van der Waals surface area (Å²) in [6, 6.07) is 15.9. The SMILES string of the molecule is Cc1ccc(NC(=O)Cn2c3c(sc2=O)[C@@H](c2ccc(Cl)cc2)[C@H]2[C@@H]4CC[C@@H](C4)[C@@H]2S3)cc1. The molecule has 1 amide bonds. The molecule has 4 nitrogen and oxygen atoms in total. The Balaban J connectivity index is 1.36. The van der Waals surface area contributed by atoms with Gasteiger partial charge in [0.15, 0.2) is 0 Å². The molecule has 3 aliphatic rings. The highest BCUT2D eigenvalue weighted by atomic mass is 35.5. The van der Waals surface area contributed by atoms with E-state index in [0.29, 0.717) is 17.1 Å². The van der Waals surface area contributed by atoms with Crippen LogP contribution in [-0.2, 0) is 11.3 Å². The van der Waals surface area contributed by atoms with E-state index in [9.17, 15) is 9.59 Å². The van der Waals surface area contributed by atoms with Crippen LogP contribution in [0.25, 0.3) is 0 Å². The maximum absolute atomic E-state index is 13.1. The van der Waals surface area contributed by atoms with E-state index >= 15 is 0 Å². The van der Waals surface area contributed by atoms with Crippen LogP contribution in [0.1, 0.15) is 41.2 Å². The van der Waals surface area contributed by atoms with Gasteiger partial charge in [-0.05, 0) is 73.8 Å². The second-order valence-electron chi connectivity index (χ2n) is 9.56. The zero-order chi connectivity index (χ0) is 22.7. The lowest BCUT2D eigenvalue weighted by Gasteiger charge is -2.40. The summed E-state index contributed by atoms with van der Waals surface area (Å²) in [5.41, 5.74) is 3.13. The van der Waals surface area contributed by atoms with Gasteiger partial charge in [-0.2, -0.15) is 0 Å². The summed E-state index contributed by atoms with van der Waals surface area (Å²) in [6.45, 7) is 2.06. The molecule has 2 heterocycles. The number of aryl methyl sites for hydroxylation is 1. The second-order valence-corrected chi connectivity index (χ2v) is 12.2. The first kappa shape index (κ1) is 21.5. The number of hydrogen-bond acceptors (Lipinski definition) is 4. The summed E-state index contributed by atoms with van der Waals surface area (Å²) in [4.78, 5) is 27.1. The highest BCUT2D eigenvalue weighted by molar-refractivity contribution is 8.00. The normalized spacial score (nSPS) is 27.3. The number of halogens is 1. The summed E-state index contributed by atoms with van der Waals surface area (Å²) in [5, 5.41) is 5.18. The van der Waals surface area contributed by atoms with Gasteiger partial charge in [-0.25, -0.2) is 0 Å². The molecule has 7 heteroatoms. The van der Waals surface area contributed by atoms with E-state index in [1.807, 2.05) is 55.1 Å². The maximum Gasteiger partial charge on any atom is 0.308 e. The third kappa shape index (κ3) is 3.76. The summed E-state index contributed by atoms with van der Waals surface area (Å²) < 4.78 is 1.71. The molecule has 33 heavy (non-hydrogen) atoms. The predicted molar refractivity (Wildman–Crippen MR) is 136 cm³/mol. The van der Waals surface area contributed by atoms with Crippen molar-refractivity contribution >= 4 is 46.3 Å². The molecule has 2 aliphatic carbocycles. The highest BCUT2D eigenvalue weighted by Gasteiger charge is 2.55. The molecule has 0 spiro atoms. The number of benzene rings is 2. The number of hydrogen-bond donors (Lipinski definition) is 1. The van der Waals surface area contributed by atoms with Gasteiger partial charge >= 0.3 is 4.87 Å². The van der Waals surface area contributed by atoms with Crippen molar-refractivity contribution in [1.82, 2.24) is 4.57 Å². The Labute approximate surface area is 206 Å². The number of carbonyl (C=O) groups is 1. The number of thioether (sulfide) groups is 1. The third-order valence-electron chi connectivity index (χ3n) is 7.56. The average Bonchev–Trinajstić information content (AvgIpc) is 3.49. The van der Waals surface area contributed by atoms with Crippen LogP contribution in [0.5, 0.6) is 0 Å². The predicted octanol–water partition coefficient (Wildman–Crippen LogP) is 6.16. The molecule has 1 aromatic heterocycles. The van der Waals surface area contributed by atoms with Gasteiger partial charge in [-0.15, -0.1) is 11.8 Å². The maximum atomic E-state index is 13.1. The standard InChI is InChI=1S/C26H25ClN2O2S2/c1-14-2-10-19(11-3-14)28-20(30)13-29-25-24(33-26(29)31)21(15-6-8-18(27)9-7-15)22-16-4-5-17(12-16)23(22)32-25/h2-3,6-11,16-17,21-23H,4-5,12-13H2,1H3,(H,28,30)/t16-,17+,21+,22-,23+/m1/s1. The number of aromatic nitrogens is 1. The minimum atomic E-state index is -0.166. The van der Waals surface area contributed by atoms with E-state index in [0.717, 1.165) is 32.1 Å². The van der Waals surface area contributed by atoms with Gasteiger partial charge in [0.2, 0.25) is 5.91 Å². The lowest BCUT2D eigenvalue weighted by atomic mass is 9.75. The van der Waals surface area contributed by atoms with Crippen LogP contribution >= 0.6 is 34.7 Å². The molecular weight excluding hydrogens is 472 g/mol. The molecule has 2 aromatic carbocycles. The monoisotopic (exact) mass is 496 g/mol. The minimum Gasteiger partial charge on any atom is -0.325 e. The van der Waals surface area contributed by atoms with E-state index in [1.54, 1.807) is 4.57 Å². The summed E-state index contributed by atoms with van der Waals surface area (Å²) in [6.07, 6.45) is 3.86. The van der Waals surface area contributed by atoms with Crippen molar-refractivity contribution in [2.45, 2.75) is 48.9 Å². The molecule has 0 unspecified atom stereocenters. The molecule has 2 bridgehead atoms. The van der Waals surface area contributed by atoms with Gasteiger partial charge in [-0.3, -0.25) is 14.2 Å².